The molecule has 0 aliphatic rings. The SMILES string of the molecule is NC(=O)Oc1occc1C(=O)c1ccccc1. The Morgan fingerprint density at radius 3 is 2.47 bits per heavy atom. The third-order valence-electron chi connectivity index (χ3n) is 2.10. The molecule has 5 heteroatoms. The maximum Gasteiger partial charge on any atom is 0.412 e. The lowest BCUT2D eigenvalue weighted by atomic mass is 10.1. The fourth-order valence-corrected chi connectivity index (χ4v) is 1.38. The Morgan fingerprint density at radius 2 is 1.82 bits per heavy atom. The molecule has 0 spiro atoms. The molecule has 2 aromatic rings. The number of hydrogen-bond donors (Lipinski definition) is 1. The first-order valence-electron chi connectivity index (χ1n) is 4.83. The lowest BCUT2D eigenvalue weighted by Gasteiger charge is -2.00. The normalized spacial score (nSPS) is 9.88. The number of carbonyl (C=O) groups is 2. The second-order valence-corrected chi connectivity index (χ2v) is 3.24. The number of furan rings is 1. The molecule has 2 N–H and O–H groups in total. The van der Waals surface area contributed by atoms with Gasteiger partial charge in [-0.25, -0.2) is 4.79 Å². The summed E-state index contributed by atoms with van der Waals surface area (Å²) in [4.78, 5) is 22.6. The first kappa shape index (κ1) is 10.9. The number of ketones is 1. The van der Waals surface area contributed by atoms with Crippen LogP contribution in [0.4, 0.5) is 4.79 Å². The van der Waals surface area contributed by atoms with Crippen molar-refractivity contribution in [3.63, 3.8) is 0 Å². The molecule has 0 unspecified atom stereocenters. The smallest absolute Gasteiger partial charge is 0.412 e. The van der Waals surface area contributed by atoms with Gasteiger partial charge >= 0.3 is 12.0 Å². The van der Waals surface area contributed by atoms with Crippen molar-refractivity contribution in [2.75, 3.05) is 0 Å². The van der Waals surface area contributed by atoms with Gasteiger partial charge in [0.1, 0.15) is 5.56 Å². The molecule has 17 heavy (non-hydrogen) atoms. The van der Waals surface area contributed by atoms with Crippen LogP contribution in [0.1, 0.15) is 15.9 Å². The molecule has 5 nitrogen and oxygen atoms in total. The van der Waals surface area contributed by atoms with Crippen LogP contribution >= 0.6 is 0 Å². The van der Waals surface area contributed by atoms with E-state index in [0.717, 1.165) is 0 Å². The van der Waals surface area contributed by atoms with Crippen molar-refractivity contribution in [2.45, 2.75) is 0 Å². The number of ether oxygens (including phenoxy) is 1. The van der Waals surface area contributed by atoms with Gasteiger partial charge in [0.05, 0.1) is 6.26 Å². The Morgan fingerprint density at radius 1 is 1.12 bits per heavy atom. The van der Waals surface area contributed by atoms with Crippen LogP contribution in [-0.4, -0.2) is 11.9 Å². The van der Waals surface area contributed by atoms with Crippen LogP contribution in [0.5, 0.6) is 5.95 Å². The molecular formula is C12H9NO4. The lowest BCUT2D eigenvalue weighted by molar-refractivity contribution is 0.103. The first-order chi connectivity index (χ1) is 8.18. The number of nitrogens with two attached hydrogens (primary N) is 1. The summed E-state index contributed by atoms with van der Waals surface area (Å²) in [5, 5.41) is 0. The summed E-state index contributed by atoms with van der Waals surface area (Å²) in [6.45, 7) is 0. The Hall–Kier alpha value is -2.56. The molecule has 0 bridgehead atoms. The van der Waals surface area contributed by atoms with Crippen LogP contribution in [-0.2, 0) is 0 Å². The molecule has 2 rings (SSSR count). The van der Waals surface area contributed by atoms with Crippen molar-refractivity contribution in [2.24, 2.45) is 5.73 Å². The molecule has 1 aromatic heterocycles. The molecule has 1 heterocycles. The molecule has 0 saturated carbocycles. The molecule has 1 aromatic carbocycles. The zero-order valence-corrected chi connectivity index (χ0v) is 8.75. The summed E-state index contributed by atoms with van der Waals surface area (Å²) in [5.41, 5.74) is 5.50. The van der Waals surface area contributed by atoms with Crippen molar-refractivity contribution in [1.82, 2.24) is 0 Å². The highest BCUT2D eigenvalue weighted by Crippen LogP contribution is 2.22. The molecule has 0 radical (unpaired) electrons. The maximum atomic E-state index is 12.0. The Labute approximate surface area is 96.8 Å². The highest BCUT2D eigenvalue weighted by molar-refractivity contribution is 6.10. The molecule has 86 valence electrons. The van der Waals surface area contributed by atoms with Gasteiger partial charge in [-0.1, -0.05) is 30.3 Å². The molecular weight excluding hydrogens is 222 g/mol. The first-order valence-corrected chi connectivity index (χ1v) is 4.83. The highest BCUT2D eigenvalue weighted by atomic mass is 16.6. The average Bonchev–Trinajstić information content (AvgIpc) is 2.76. The number of primary amides is 1. The lowest BCUT2D eigenvalue weighted by Crippen LogP contribution is -2.17. The van der Waals surface area contributed by atoms with E-state index in [9.17, 15) is 9.59 Å². The number of rotatable bonds is 3. The number of benzene rings is 1. The molecule has 1 amide bonds. The van der Waals surface area contributed by atoms with Gasteiger partial charge in [-0.05, 0) is 6.07 Å². The molecule has 0 fully saturated rings. The van der Waals surface area contributed by atoms with E-state index < -0.39 is 6.09 Å². The monoisotopic (exact) mass is 231 g/mol. The van der Waals surface area contributed by atoms with Gasteiger partial charge in [-0.3, -0.25) is 4.79 Å². The second-order valence-electron chi connectivity index (χ2n) is 3.24. The van der Waals surface area contributed by atoms with E-state index in [2.05, 4.69) is 4.74 Å². The fraction of sp³-hybridized carbons (Fsp3) is 0. The van der Waals surface area contributed by atoms with Gasteiger partial charge in [-0.2, -0.15) is 0 Å². The van der Waals surface area contributed by atoms with E-state index >= 15 is 0 Å². The predicted octanol–water partition coefficient (Wildman–Crippen LogP) is 1.97. The van der Waals surface area contributed by atoms with Gasteiger partial charge in [0.2, 0.25) is 0 Å². The van der Waals surface area contributed by atoms with Crippen LogP contribution < -0.4 is 10.5 Å². The molecule has 0 aliphatic heterocycles. The Balaban J connectivity index is 2.32. The van der Waals surface area contributed by atoms with E-state index in [1.54, 1.807) is 30.3 Å². The Kier molecular flexibility index (Phi) is 2.91. The van der Waals surface area contributed by atoms with Crippen LogP contribution in [0.2, 0.25) is 0 Å². The van der Waals surface area contributed by atoms with E-state index in [4.69, 9.17) is 10.2 Å². The summed E-state index contributed by atoms with van der Waals surface area (Å²) in [6, 6.07) is 10.0. The third-order valence-corrected chi connectivity index (χ3v) is 2.10. The summed E-state index contributed by atoms with van der Waals surface area (Å²) < 4.78 is 9.45. The topological polar surface area (TPSA) is 82.5 Å². The van der Waals surface area contributed by atoms with Crippen LogP contribution in [0.25, 0.3) is 0 Å². The van der Waals surface area contributed by atoms with Crippen molar-refractivity contribution >= 4 is 11.9 Å². The molecule has 0 aliphatic carbocycles. The summed E-state index contributed by atoms with van der Waals surface area (Å²) in [7, 11) is 0. The zero-order valence-electron chi connectivity index (χ0n) is 8.75. The maximum absolute atomic E-state index is 12.0. The van der Waals surface area contributed by atoms with Gasteiger partial charge in [0.15, 0.2) is 5.78 Å². The number of hydrogen-bond acceptors (Lipinski definition) is 4. The van der Waals surface area contributed by atoms with Gasteiger partial charge < -0.3 is 14.9 Å². The quantitative estimate of drug-likeness (QED) is 0.818. The standard InChI is InChI=1S/C12H9NO4/c13-12(15)17-11-9(6-7-16-11)10(14)8-4-2-1-3-5-8/h1-7H,(H2,13,15). The van der Waals surface area contributed by atoms with Crippen molar-refractivity contribution in [1.29, 1.82) is 0 Å². The van der Waals surface area contributed by atoms with Crippen LogP contribution in [0.15, 0.2) is 47.1 Å². The summed E-state index contributed by atoms with van der Waals surface area (Å²) in [6.07, 6.45) is 0.233. The van der Waals surface area contributed by atoms with Crippen molar-refractivity contribution < 1.29 is 18.7 Å². The summed E-state index contributed by atoms with van der Waals surface area (Å²) in [5.74, 6) is -0.484. The van der Waals surface area contributed by atoms with Crippen molar-refractivity contribution in [3.8, 4) is 5.95 Å². The van der Waals surface area contributed by atoms with Gasteiger partial charge in [-0.15, -0.1) is 0 Å². The predicted molar refractivity (Wildman–Crippen MR) is 58.8 cm³/mol. The van der Waals surface area contributed by atoms with Gasteiger partial charge in [0.25, 0.3) is 0 Å². The fourth-order valence-electron chi connectivity index (χ4n) is 1.38. The van der Waals surface area contributed by atoms with Gasteiger partial charge in [0, 0.05) is 5.56 Å². The largest absolute Gasteiger partial charge is 0.433 e. The Bertz CT molecular complexity index is 545. The minimum absolute atomic E-state index is 0.162. The number of carbonyl (C=O) groups excluding carboxylic acids is 2. The average molecular weight is 231 g/mol. The van der Waals surface area contributed by atoms with Crippen LogP contribution in [0.3, 0.4) is 0 Å². The van der Waals surface area contributed by atoms with Crippen LogP contribution in [0, 0.1) is 0 Å². The van der Waals surface area contributed by atoms with E-state index in [0.29, 0.717) is 5.56 Å². The minimum atomic E-state index is -1.03. The second kappa shape index (κ2) is 4.52. The highest BCUT2D eigenvalue weighted by Gasteiger charge is 2.18. The van der Waals surface area contributed by atoms with E-state index in [1.165, 1.54) is 12.3 Å². The van der Waals surface area contributed by atoms with E-state index in [1.807, 2.05) is 0 Å². The van der Waals surface area contributed by atoms with Crippen molar-refractivity contribution in [3.05, 3.63) is 53.8 Å². The zero-order chi connectivity index (χ0) is 12.3. The summed E-state index contributed by atoms with van der Waals surface area (Å²) >= 11 is 0. The molecule has 0 atom stereocenters. The minimum Gasteiger partial charge on any atom is -0.433 e. The number of amides is 1. The molecule has 0 saturated heterocycles. The van der Waals surface area contributed by atoms with E-state index in [-0.39, 0.29) is 17.3 Å². The third kappa shape index (κ3) is 2.34.